The van der Waals surface area contributed by atoms with E-state index in [1.165, 1.54) is 0 Å². The normalized spacial score (nSPS) is 19.7. The van der Waals surface area contributed by atoms with Crippen molar-refractivity contribution in [3.05, 3.63) is 47.3 Å². The molecule has 1 aromatic heterocycles. The maximum absolute atomic E-state index is 13.0. The molecule has 8 heteroatoms. The quantitative estimate of drug-likeness (QED) is 0.862. The van der Waals surface area contributed by atoms with E-state index in [0.717, 1.165) is 29.7 Å². The number of ether oxygens (including phenoxy) is 1. The van der Waals surface area contributed by atoms with Crippen molar-refractivity contribution in [3.63, 3.8) is 0 Å². The van der Waals surface area contributed by atoms with E-state index in [0.29, 0.717) is 37.4 Å². The van der Waals surface area contributed by atoms with Crippen molar-refractivity contribution in [2.45, 2.75) is 43.1 Å². The number of nitrogens with two attached hydrogens (primary N) is 1. The number of piperidine rings is 1. The van der Waals surface area contributed by atoms with Crippen LogP contribution < -0.4 is 5.73 Å². The molecule has 2 aliphatic rings. The molecular weight excluding hydrogens is 364 g/mol. The number of rotatable bonds is 3. The van der Waals surface area contributed by atoms with Gasteiger partial charge in [-0.1, -0.05) is 19.1 Å². The molecule has 1 saturated heterocycles. The van der Waals surface area contributed by atoms with Gasteiger partial charge in [-0.25, -0.2) is 18.4 Å². The second-order valence-corrected chi connectivity index (χ2v) is 9.03. The third kappa shape index (κ3) is 3.22. The lowest BCUT2D eigenvalue weighted by molar-refractivity contribution is -0.0924. The van der Waals surface area contributed by atoms with Crippen LogP contribution in [-0.4, -0.2) is 42.4 Å². The van der Waals surface area contributed by atoms with E-state index >= 15 is 0 Å². The number of anilines is 1. The van der Waals surface area contributed by atoms with Gasteiger partial charge < -0.3 is 10.5 Å². The first kappa shape index (κ1) is 18.3. The molecule has 0 unspecified atom stereocenters. The predicted molar refractivity (Wildman–Crippen MR) is 102 cm³/mol. The average Bonchev–Trinajstić information content (AvgIpc) is 2.69. The maximum Gasteiger partial charge on any atom is 0.243 e. The molecule has 0 saturated carbocycles. The first-order valence-electron chi connectivity index (χ1n) is 9.29. The van der Waals surface area contributed by atoms with Gasteiger partial charge in [0.15, 0.2) is 0 Å². The number of hydrogen-bond acceptors (Lipinski definition) is 6. The van der Waals surface area contributed by atoms with Gasteiger partial charge in [0.05, 0.1) is 17.2 Å². The van der Waals surface area contributed by atoms with E-state index in [1.807, 2.05) is 19.1 Å². The molecule has 1 fully saturated rings. The Morgan fingerprint density at radius 2 is 1.93 bits per heavy atom. The summed E-state index contributed by atoms with van der Waals surface area (Å²) in [7, 11) is -3.51. The van der Waals surface area contributed by atoms with Crippen LogP contribution in [0.1, 0.15) is 36.6 Å². The zero-order valence-corrected chi connectivity index (χ0v) is 16.2. The summed E-state index contributed by atoms with van der Waals surface area (Å²) in [5.74, 6) is 0.227. The van der Waals surface area contributed by atoms with Gasteiger partial charge >= 0.3 is 0 Å². The minimum Gasteiger partial charge on any atom is -0.368 e. The summed E-state index contributed by atoms with van der Waals surface area (Å²) in [5, 5.41) is 0. The highest BCUT2D eigenvalue weighted by molar-refractivity contribution is 7.89. The van der Waals surface area contributed by atoms with E-state index in [2.05, 4.69) is 9.97 Å². The minimum absolute atomic E-state index is 0.227. The molecule has 3 heterocycles. The van der Waals surface area contributed by atoms with Crippen LogP contribution in [0.15, 0.2) is 35.4 Å². The second kappa shape index (κ2) is 6.85. The number of aryl methyl sites for hydroxylation is 1. The van der Waals surface area contributed by atoms with Gasteiger partial charge in [0.1, 0.15) is 5.60 Å². The molecule has 4 rings (SSSR count). The van der Waals surface area contributed by atoms with Gasteiger partial charge in [0.2, 0.25) is 16.0 Å². The molecule has 2 aromatic rings. The van der Waals surface area contributed by atoms with Crippen LogP contribution in [0.4, 0.5) is 5.95 Å². The molecule has 2 aliphatic heterocycles. The van der Waals surface area contributed by atoms with Crippen molar-refractivity contribution in [1.82, 2.24) is 14.3 Å². The second-order valence-electron chi connectivity index (χ2n) is 7.10. The Kier molecular flexibility index (Phi) is 4.65. The van der Waals surface area contributed by atoms with Crippen molar-refractivity contribution in [2.75, 3.05) is 25.4 Å². The molecule has 0 amide bonds. The molecule has 2 N–H and O–H groups in total. The largest absolute Gasteiger partial charge is 0.368 e. The van der Waals surface area contributed by atoms with Crippen molar-refractivity contribution in [2.24, 2.45) is 0 Å². The summed E-state index contributed by atoms with van der Waals surface area (Å²) in [5.41, 5.74) is 8.21. The number of aromatic nitrogens is 2. The van der Waals surface area contributed by atoms with Gasteiger partial charge in [0, 0.05) is 19.3 Å². The van der Waals surface area contributed by atoms with Crippen LogP contribution in [0.2, 0.25) is 0 Å². The molecular formula is C19H24N4O3S. The fourth-order valence-electron chi connectivity index (χ4n) is 3.94. The van der Waals surface area contributed by atoms with Crippen LogP contribution in [0.5, 0.6) is 0 Å². The van der Waals surface area contributed by atoms with Gasteiger partial charge in [0.25, 0.3) is 0 Å². The van der Waals surface area contributed by atoms with Crippen molar-refractivity contribution in [3.8, 4) is 0 Å². The summed E-state index contributed by atoms with van der Waals surface area (Å²) in [6.07, 6.45) is 4.52. The van der Waals surface area contributed by atoms with Gasteiger partial charge in [-0.2, -0.15) is 4.31 Å². The van der Waals surface area contributed by atoms with Gasteiger partial charge in [-0.15, -0.1) is 0 Å². The Bertz CT molecular complexity index is 936. The first-order chi connectivity index (χ1) is 12.9. The topological polar surface area (TPSA) is 98.4 Å². The van der Waals surface area contributed by atoms with Crippen LogP contribution in [0, 0.1) is 0 Å². The lowest BCUT2D eigenvalue weighted by Gasteiger charge is -2.43. The Hall–Kier alpha value is -2.03. The Morgan fingerprint density at radius 1 is 1.22 bits per heavy atom. The fraction of sp³-hybridized carbons (Fsp3) is 0.474. The summed E-state index contributed by atoms with van der Waals surface area (Å²) in [4.78, 5) is 8.85. The Balaban J connectivity index is 1.56. The number of sulfonamides is 1. The molecule has 144 valence electrons. The van der Waals surface area contributed by atoms with E-state index < -0.39 is 15.6 Å². The Morgan fingerprint density at radius 3 is 2.59 bits per heavy atom. The molecule has 0 bridgehead atoms. The molecule has 0 radical (unpaired) electrons. The summed E-state index contributed by atoms with van der Waals surface area (Å²) < 4.78 is 33.7. The number of nitrogen functional groups attached to an aromatic ring is 1. The van der Waals surface area contributed by atoms with E-state index in [9.17, 15) is 8.42 Å². The summed E-state index contributed by atoms with van der Waals surface area (Å²) in [6, 6.07) is 7.13. The zero-order chi connectivity index (χ0) is 19.1. The smallest absolute Gasteiger partial charge is 0.243 e. The van der Waals surface area contributed by atoms with Crippen molar-refractivity contribution >= 4 is 16.0 Å². The highest BCUT2D eigenvalue weighted by atomic mass is 32.2. The van der Waals surface area contributed by atoms with E-state index in [4.69, 9.17) is 10.5 Å². The van der Waals surface area contributed by atoms with Crippen LogP contribution in [-0.2, 0) is 33.2 Å². The average molecular weight is 388 g/mol. The third-order valence-corrected chi connectivity index (χ3v) is 7.48. The molecule has 0 atom stereocenters. The number of fused-ring (bicyclic) bond motifs is 2. The highest BCUT2D eigenvalue weighted by Gasteiger charge is 2.44. The monoisotopic (exact) mass is 388 g/mol. The van der Waals surface area contributed by atoms with Crippen molar-refractivity contribution < 1.29 is 13.2 Å². The van der Waals surface area contributed by atoms with Gasteiger partial charge in [-0.3, -0.25) is 0 Å². The predicted octanol–water partition coefficient (Wildman–Crippen LogP) is 1.87. The standard InChI is InChI=1S/C19H24N4O3S/c1-2-14-3-5-16(6-4-14)27(24,25)23-10-8-19(9-11-23)17-15(7-12-26-19)13-21-18(20)22-17/h3-6,13H,2,7-12H2,1H3,(H2,20,21,22). The minimum atomic E-state index is -3.51. The maximum atomic E-state index is 13.0. The molecule has 0 aliphatic carbocycles. The van der Waals surface area contributed by atoms with Gasteiger partial charge in [-0.05, 0) is 48.9 Å². The summed E-state index contributed by atoms with van der Waals surface area (Å²) in [6.45, 7) is 3.42. The summed E-state index contributed by atoms with van der Waals surface area (Å²) >= 11 is 0. The molecule has 1 aromatic carbocycles. The highest BCUT2D eigenvalue weighted by Crippen LogP contribution is 2.41. The van der Waals surface area contributed by atoms with Crippen LogP contribution >= 0.6 is 0 Å². The zero-order valence-electron chi connectivity index (χ0n) is 15.4. The lowest BCUT2D eigenvalue weighted by atomic mass is 9.84. The van der Waals surface area contributed by atoms with E-state index in [1.54, 1.807) is 22.6 Å². The van der Waals surface area contributed by atoms with Crippen LogP contribution in [0.25, 0.3) is 0 Å². The number of hydrogen-bond donors (Lipinski definition) is 1. The fourth-order valence-corrected chi connectivity index (χ4v) is 5.38. The lowest BCUT2D eigenvalue weighted by Crippen LogP contribution is -2.48. The van der Waals surface area contributed by atoms with Crippen LogP contribution in [0.3, 0.4) is 0 Å². The SMILES string of the molecule is CCc1ccc(S(=O)(=O)N2CCC3(CC2)OCCc2cnc(N)nc23)cc1. The van der Waals surface area contributed by atoms with Crippen molar-refractivity contribution in [1.29, 1.82) is 0 Å². The number of nitrogens with zero attached hydrogens (tertiary/aromatic N) is 3. The first-order valence-corrected chi connectivity index (χ1v) is 10.7. The molecule has 27 heavy (non-hydrogen) atoms. The van der Waals surface area contributed by atoms with E-state index in [-0.39, 0.29) is 5.95 Å². The molecule has 1 spiro atoms. The third-order valence-electron chi connectivity index (χ3n) is 5.56. The number of benzene rings is 1. The molecule has 7 nitrogen and oxygen atoms in total. The Labute approximate surface area is 159 Å².